The minimum atomic E-state index is -3.63. The Kier molecular flexibility index (Phi) is 10.2. The maximum Gasteiger partial charge on any atom is 0.340 e. The summed E-state index contributed by atoms with van der Waals surface area (Å²) in [6.07, 6.45) is 3.28. The van der Waals surface area contributed by atoms with Crippen molar-refractivity contribution in [1.82, 2.24) is 0 Å². The Bertz CT molecular complexity index is 482. The van der Waals surface area contributed by atoms with Crippen LogP contribution < -0.4 is 0 Å². The van der Waals surface area contributed by atoms with Gasteiger partial charge in [0.25, 0.3) is 0 Å². The fourth-order valence-corrected chi connectivity index (χ4v) is 2.55. The summed E-state index contributed by atoms with van der Waals surface area (Å²) >= 11 is 3.21. The van der Waals surface area contributed by atoms with Crippen LogP contribution in [-0.2, 0) is 32.7 Å². The van der Waals surface area contributed by atoms with Crippen molar-refractivity contribution in [3.8, 4) is 0 Å². The predicted octanol–water partition coefficient (Wildman–Crippen LogP) is 4.26. The van der Waals surface area contributed by atoms with E-state index in [1.165, 1.54) is 0 Å². The summed E-state index contributed by atoms with van der Waals surface area (Å²) in [5, 5.41) is 0.574. The normalized spacial score (nSPS) is 13.1. The van der Waals surface area contributed by atoms with Crippen LogP contribution in [0.2, 0.25) is 0 Å². The van der Waals surface area contributed by atoms with Crippen molar-refractivity contribution in [2.75, 3.05) is 25.1 Å². The van der Waals surface area contributed by atoms with Crippen LogP contribution in [0.5, 0.6) is 0 Å². The van der Waals surface area contributed by atoms with Gasteiger partial charge in [0.15, 0.2) is 0 Å². The molecule has 0 aromatic carbocycles. The average molecular weight is 443 g/mol. The molecule has 0 N–H and O–H groups in total. The standard InChI is InChI=1S/C16H28BrO7P/c1-15(2,3)13(18)21-11-23-25(20,10-8-7-9-17)24-12-22-14(19)16(4,5)6/h7-8H,9-12H2,1-6H3/b8-7+. The number of ether oxygens (including phenoxy) is 2. The van der Waals surface area contributed by atoms with Crippen LogP contribution in [0.15, 0.2) is 12.2 Å². The fraction of sp³-hybridized carbons (Fsp3) is 0.750. The topological polar surface area (TPSA) is 88.1 Å². The molecule has 0 atom stereocenters. The second-order valence-corrected chi connectivity index (χ2v) is 10.0. The molecule has 0 amide bonds. The highest BCUT2D eigenvalue weighted by Crippen LogP contribution is 2.48. The van der Waals surface area contributed by atoms with Gasteiger partial charge in [-0.3, -0.25) is 23.2 Å². The Morgan fingerprint density at radius 1 is 0.880 bits per heavy atom. The van der Waals surface area contributed by atoms with Crippen LogP contribution in [0.1, 0.15) is 41.5 Å². The zero-order valence-corrected chi connectivity index (χ0v) is 18.1. The van der Waals surface area contributed by atoms with Crippen LogP contribution >= 0.6 is 23.5 Å². The van der Waals surface area contributed by atoms with E-state index in [1.807, 2.05) is 0 Å². The van der Waals surface area contributed by atoms with Crippen LogP contribution in [0, 0.1) is 10.8 Å². The molecular formula is C16H28BrO7P. The molecule has 0 bridgehead atoms. The Balaban J connectivity index is 4.67. The minimum absolute atomic E-state index is 0.0429. The summed E-state index contributed by atoms with van der Waals surface area (Å²) in [5.41, 5.74) is -1.40. The number of rotatable bonds is 9. The van der Waals surface area contributed by atoms with Crippen molar-refractivity contribution >= 4 is 35.5 Å². The number of carbonyl (C=O) groups is 2. The first-order chi connectivity index (χ1) is 11.3. The third-order valence-corrected chi connectivity index (χ3v) is 4.72. The van der Waals surface area contributed by atoms with Gasteiger partial charge in [-0.2, -0.15) is 0 Å². The molecule has 0 fully saturated rings. The Hall–Kier alpha value is -0.690. The predicted molar refractivity (Wildman–Crippen MR) is 98.4 cm³/mol. The summed E-state index contributed by atoms with van der Waals surface area (Å²) < 4.78 is 32.8. The summed E-state index contributed by atoms with van der Waals surface area (Å²) in [6, 6.07) is 0. The lowest BCUT2D eigenvalue weighted by molar-refractivity contribution is -0.161. The maximum absolute atomic E-state index is 12.7. The number of halogens is 1. The molecule has 25 heavy (non-hydrogen) atoms. The summed E-state index contributed by atoms with van der Waals surface area (Å²) in [7, 11) is -3.63. The van der Waals surface area contributed by atoms with E-state index in [0.29, 0.717) is 5.33 Å². The number of alkyl halides is 1. The molecule has 0 saturated carbocycles. The van der Waals surface area contributed by atoms with Crippen LogP contribution in [0.4, 0.5) is 0 Å². The van der Waals surface area contributed by atoms with Crippen LogP contribution in [0.25, 0.3) is 0 Å². The first kappa shape index (κ1) is 24.3. The molecule has 0 aliphatic carbocycles. The molecule has 146 valence electrons. The van der Waals surface area contributed by atoms with E-state index in [0.717, 1.165) is 0 Å². The molecule has 0 unspecified atom stereocenters. The fourth-order valence-electron chi connectivity index (χ4n) is 1.16. The SMILES string of the molecule is CC(C)(C)C(=O)OCOP(=O)(C/C=C/CBr)OCOC(=O)C(C)(C)C. The minimum Gasteiger partial charge on any atom is -0.438 e. The third-order valence-electron chi connectivity index (χ3n) is 2.69. The van der Waals surface area contributed by atoms with Gasteiger partial charge in [0.2, 0.25) is 13.6 Å². The summed E-state index contributed by atoms with van der Waals surface area (Å²) in [4.78, 5) is 23.4. The number of hydrogen-bond acceptors (Lipinski definition) is 7. The zero-order valence-electron chi connectivity index (χ0n) is 15.7. The van der Waals surface area contributed by atoms with Crippen molar-refractivity contribution in [2.24, 2.45) is 10.8 Å². The van der Waals surface area contributed by atoms with E-state index < -0.39 is 44.0 Å². The van der Waals surface area contributed by atoms with Gasteiger partial charge < -0.3 is 9.47 Å². The van der Waals surface area contributed by atoms with Gasteiger partial charge in [0, 0.05) is 5.33 Å². The second-order valence-electron chi connectivity index (χ2n) is 7.28. The quantitative estimate of drug-likeness (QED) is 0.173. The van der Waals surface area contributed by atoms with Crippen molar-refractivity contribution in [3.05, 3.63) is 12.2 Å². The van der Waals surface area contributed by atoms with Gasteiger partial charge in [-0.25, -0.2) is 0 Å². The number of esters is 2. The molecule has 0 rings (SSSR count). The first-order valence-corrected chi connectivity index (χ1v) is 10.6. The lowest BCUT2D eigenvalue weighted by Gasteiger charge is -2.21. The highest BCUT2D eigenvalue weighted by Gasteiger charge is 2.29. The van der Waals surface area contributed by atoms with E-state index in [1.54, 1.807) is 53.7 Å². The number of allylic oxidation sites excluding steroid dienone is 2. The van der Waals surface area contributed by atoms with E-state index in [9.17, 15) is 14.2 Å². The zero-order chi connectivity index (χ0) is 19.7. The molecule has 0 radical (unpaired) electrons. The van der Waals surface area contributed by atoms with E-state index in [2.05, 4.69) is 15.9 Å². The molecule has 0 saturated heterocycles. The number of hydrogen-bond donors (Lipinski definition) is 0. The Morgan fingerprint density at radius 3 is 1.60 bits per heavy atom. The van der Waals surface area contributed by atoms with Crippen molar-refractivity contribution < 1.29 is 32.7 Å². The van der Waals surface area contributed by atoms with Crippen molar-refractivity contribution in [3.63, 3.8) is 0 Å². The van der Waals surface area contributed by atoms with E-state index in [4.69, 9.17) is 18.5 Å². The van der Waals surface area contributed by atoms with Gasteiger partial charge in [0.1, 0.15) is 0 Å². The molecular weight excluding hydrogens is 415 g/mol. The molecule has 9 heteroatoms. The lowest BCUT2D eigenvalue weighted by Crippen LogP contribution is -2.25. The van der Waals surface area contributed by atoms with Gasteiger partial charge in [-0.1, -0.05) is 28.1 Å². The summed E-state index contributed by atoms with van der Waals surface area (Å²) in [6.45, 7) is 9.12. The van der Waals surface area contributed by atoms with E-state index in [-0.39, 0.29) is 6.16 Å². The smallest absolute Gasteiger partial charge is 0.340 e. The van der Waals surface area contributed by atoms with Gasteiger partial charge in [-0.15, -0.1) is 0 Å². The van der Waals surface area contributed by atoms with Gasteiger partial charge in [0.05, 0.1) is 17.0 Å². The van der Waals surface area contributed by atoms with Crippen molar-refractivity contribution in [1.29, 1.82) is 0 Å². The summed E-state index contributed by atoms with van der Waals surface area (Å²) in [5.74, 6) is -0.983. The third kappa shape index (κ3) is 10.8. The molecule has 0 heterocycles. The molecule has 0 aliphatic rings. The lowest BCUT2D eigenvalue weighted by atomic mass is 9.98. The van der Waals surface area contributed by atoms with Gasteiger partial charge in [-0.05, 0) is 41.5 Å². The highest BCUT2D eigenvalue weighted by molar-refractivity contribution is 9.09. The second kappa shape index (κ2) is 10.5. The average Bonchev–Trinajstić information content (AvgIpc) is 2.45. The number of carbonyl (C=O) groups excluding carboxylic acids is 2. The van der Waals surface area contributed by atoms with Gasteiger partial charge >= 0.3 is 19.5 Å². The maximum atomic E-state index is 12.7. The Morgan fingerprint density at radius 2 is 1.28 bits per heavy atom. The molecule has 0 aromatic rings. The van der Waals surface area contributed by atoms with Crippen LogP contribution in [-0.4, -0.2) is 37.0 Å². The first-order valence-electron chi connectivity index (χ1n) is 7.75. The largest absolute Gasteiger partial charge is 0.438 e. The van der Waals surface area contributed by atoms with Crippen molar-refractivity contribution in [2.45, 2.75) is 41.5 Å². The molecule has 0 spiro atoms. The monoisotopic (exact) mass is 442 g/mol. The Labute approximate surface area is 158 Å². The molecule has 0 aromatic heterocycles. The highest BCUT2D eigenvalue weighted by atomic mass is 79.9. The van der Waals surface area contributed by atoms with E-state index >= 15 is 0 Å². The molecule has 7 nitrogen and oxygen atoms in total. The van der Waals surface area contributed by atoms with Crippen LogP contribution in [0.3, 0.4) is 0 Å². The molecule has 0 aliphatic heterocycles.